The second kappa shape index (κ2) is 8.48. The Morgan fingerprint density at radius 1 is 1.16 bits per heavy atom. The molecule has 9 nitrogen and oxygen atoms in total. The number of alkyl halides is 2. The van der Waals surface area contributed by atoms with Gasteiger partial charge in [0.1, 0.15) is 0 Å². The van der Waals surface area contributed by atoms with E-state index in [0.717, 1.165) is 11.1 Å². The number of nitrogen functional groups attached to an aromatic ring is 1. The molecule has 32 heavy (non-hydrogen) atoms. The number of pyridine rings is 1. The molecule has 0 aromatic carbocycles. The van der Waals surface area contributed by atoms with Crippen molar-refractivity contribution in [1.29, 1.82) is 0 Å². The molecule has 2 atom stereocenters. The predicted octanol–water partition coefficient (Wildman–Crippen LogP) is 2.90. The second-order valence-corrected chi connectivity index (χ2v) is 8.03. The van der Waals surface area contributed by atoms with Gasteiger partial charge >= 0.3 is 0 Å². The van der Waals surface area contributed by atoms with E-state index in [4.69, 9.17) is 10.3 Å². The predicted molar refractivity (Wildman–Crippen MR) is 114 cm³/mol. The number of hydrogen-bond donors (Lipinski definition) is 1. The lowest BCUT2D eigenvalue weighted by Crippen LogP contribution is -2.31. The van der Waals surface area contributed by atoms with Crippen LogP contribution in [0.3, 0.4) is 0 Å². The van der Waals surface area contributed by atoms with E-state index in [1.807, 2.05) is 19.1 Å². The first-order valence-corrected chi connectivity index (χ1v) is 10.1. The molecule has 1 aliphatic heterocycles. The van der Waals surface area contributed by atoms with Gasteiger partial charge in [-0.1, -0.05) is 29.8 Å². The van der Waals surface area contributed by atoms with Crippen molar-refractivity contribution in [3.05, 3.63) is 48.0 Å². The summed E-state index contributed by atoms with van der Waals surface area (Å²) in [5.41, 5.74) is 7.33. The zero-order valence-corrected chi connectivity index (χ0v) is 17.9. The molecule has 0 bridgehead atoms. The van der Waals surface area contributed by atoms with Crippen LogP contribution in [-0.2, 0) is 5.41 Å². The minimum atomic E-state index is -2.49. The normalized spacial score (nSPS) is 17.7. The Bertz CT molecular complexity index is 1140. The Balaban J connectivity index is 1.61. The average Bonchev–Trinajstić information content (AvgIpc) is 3.43. The third kappa shape index (κ3) is 4.10. The minimum absolute atomic E-state index is 0.108. The van der Waals surface area contributed by atoms with Crippen molar-refractivity contribution in [2.75, 3.05) is 12.3 Å². The molecule has 0 amide bonds. The Labute approximate surface area is 183 Å². The molecule has 0 aliphatic carbocycles. The van der Waals surface area contributed by atoms with Gasteiger partial charge in [0.15, 0.2) is 18.0 Å². The van der Waals surface area contributed by atoms with Crippen molar-refractivity contribution < 1.29 is 18.0 Å². The van der Waals surface area contributed by atoms with Crippen molar-refractivity contribution >= 4 is 18.4 Å². The van der Waals surface area contributed by atoms with Crippen molar-refractivity contribution in [2.24, 2.45) is 11.0 Å². The van der Waals surface area contributed by atoms with Gasteiger partial charge in [0, 0.05) is 24.2 Å². The molecule has 11 heteroatoms. The van der Waals surface area contributed by atoms with Crippen LogP contribution in [0.15, 0.2) is 40.3 Å². The van der Waals surface area contributed by atoms with Gasteiger partial charge in [-0.15, -0.1) is 0 Å². The molecule has 3 aromatic heterocycles. The van der Waals surface area contributed by atoms with E-state index in [-0.39, 0.29) is 11.9 Å². The number of aromatic nitrogens is 5. The van der Waals surface area contributed by atoms with Crippen molar-refractivity contribution in [3.63, 3.8) is 0 Å². The van der Waals surface area contributed by atoms with Crippen LogP contribution in [0.1, 0.15) is 44.0 Å². The lowest BCUT2D eigenvalue weighted by molar-refractivity contribution is -0.537. The molecular formula is C21H23F2N8O+. The zero-order chi connectivity index (χ0) is 22.9. The lowest BCUT2D eigenvalue weighted by Gasteiger charge is -2.30. The van der Waals surface area contributed by atoms with E-state index < -0.39 is 24.3 Å². The van der Waals surface area contributed by atoms with Crippen LogP contribution in [0.25, 0.3) is 11.3 Å². The monoisotopic (exact) mass is 441 g/mol. The van der Waals surface area contributed by atoms with Gasteiger partial charge in [0.2, 0.25) is 18.4 Å². The van der Waals surface area contributed by atoms with Gasteiger partial charge in [-0.2, -0.15) is 4.98 Å². The van der Waals surface area contributed by atoms with Crippen LogP contribution in [0.5, 0.6) is 0 Å². The first kappa shape index (κ1) is 21.6. The summed E-state index contributed by atoms with van der Waals surface area (Å²) in [5, 5.41) is 8.17. The van der Waals surface area contributed by atoms with E-state index in [9.17, 15) is 8.78 Å². The molecule has 166 valence electrons. The molecule has 2 N–H and O–H groups in total. The molecular weight excluding hydrogens is 418 g/mol. The maximum Gasteiger partial charge on any atom is 0.298 e. The van der Waals surface area contributed by atoms with Crippen molar-refractivity contribution in [3.8, 4) is 11.3 Å². The van der Waals surface area contributed by atoms with E-state index in [1.165, 1.54) is 10.9 Å². The highest BCUT2D eigenvalue weighted by molar-refractivity contribution is 5.88. The largest absolute Gasteiger partial charge is 0.368 e. The summed E-state index contributed by atoms with van der Waals surface area (Å²) in [6.45, 7) is 5.66. The molecule has 4 heterocycles. The van der Waals surface area contributed by atoms with Crippen LogP contribution in [0.2, 0.25) is 0 Å². The molecule has 0 saturated carbocycles. The fraction of sp³-hybridized carbons (Fsp3) is 0.381. The van der Waals surface area contributed by atoms with Gasteiger partial charge in [0.25, 0.3) is 6.43 Å². The summed E-state index contributed by atoms with van der Waals surface area (Å²) in [7, 11) is 0. The molecule has 0 spiro atoms. The van der Waals surface area contributed by atoms with Gasteiger partial charge < -0.3 is 10.3 Å². The fourth-order valence-corrected chi connectivity index (χ4v) is 3.44. The summed E-state index contributed by atoms with van der Waals surface area (Å²) < 4.78 is 31.9. The topological polar surface area (TPSA) is 119 Å². The lowest BCUT2D eigenvalue weighted by atomic mass is 9.73. The minimum Gasteiger partial charge on any atom is -0.368 e. The van der Waals surface area contributed by atoms with Crippen LogP contribution in [-0.4, -0.2) is 55.2 Å². The highest BCUT2D eigenvalue weighted by Gasteiger charge is 2.39. The third-order valence-corrected chi connectivity index (χ3v) is 5.71. The highest BCUT2D eigenvalue weighted by Crippen LogP contribution is 2.38. The van der Waals surface area contributed by atoms with E-state index in [1.54, 1.807) is 24.8 Å². The summed E-state index contributed by atoms with van der Waals surface area (Å²) >= 11 is 0. The Hall–Kier alpha value is -3.63. The van der Waals surface area contributed by atoms with Crippen LogP contribution in [0, 0.1) is 5.92 Å². The number of rotatable bonds is 7. The van der Waals surface area contributed by atoms with Crippen molar-refractivity contribution in [2.45, 2.75) is 38.5 Å². The zero-order valence-electron chi connectivity index (χ0n) is 17.9. The van der Waals surface area contributed by atoms with E-state index in [0.29, 0.717) is 17.4 Å². The smallest absolute Gasteiger partial charge is 0.298 e. The van der Waals surface area contributed by atoms with Crippen molar-refractivity contribution in [1.82, 2.24) is 25.1 Å². The average molecular weight is 441 g/mol. The first-order valence-electron chi connectivity index (χ1n) is 10.1. The van der Waals surface area contributed by atoms with Gasteiger partial charge in [-0.05, 0) is 29.6 Å². The molecule has 1 aliphatic rings. The van der Waals surface area contributed by atoms with Gasteiger partial charge in [-0.25, -0.2) is 18.7 Å². The number of hydrazone groups is 1. The number of nitrogens with two attached hydrogens (primary N) is 1. The summed E-state index contributed by atoms with van der Waals surface area (Å²) in [5.74, 6) is 0.653. The highest BCUT2D eigenvalue weighted by atomic mass is 19.3. The number of anilines is 1. The summed E-state index contributed by atoms with van der Waals surface area (Å²) in [4.78, 5) is 17.2. The van der Waals surface area contributed by atoms with Crippen LogP contribution < -0.4 is 5.73 Å². The van der Waals surface area contributed by atoms with E-state index in [2.05, 4.69) is 44.0 Å². The SMILES string of the molecule is CC(C)[C@](C)(c1ccc(-c2cnc(N)nc2)nc1)c1noc(C2C=N[N+](CC(F)F)=C2)n1. The molecule has 3 aromatic rings. The standard InChI is InChI=1S/C21H23F2N8O/c1-12(2)21(3,15-4-5-16(25-9-15)13-6-26-20(24)27-7-13)19-29-18(32-30-19)14-8-28-31(10-14)11-17(22)23/h4-10,12,14,17H,11H2,1-3H3,(H2,24,26,27)/q+1/t14?,21-/m1/s1. The quantitative estimate of drug-likeness (QED) is 0.560. The van der Waals surface area contributed by atoms with Gasteiger partial charge in [-0.3, -0.25) is 4.98 Å². The number of hydrogen-bond acceptors (Lipinski definition) is 8. The maximum atomic E-state index is 12.6. The molecule has 1 unspecified atom stereocenters. The Kier molecular flexibility index (Phi) is 5.72. The second-order valence-electron chi connectivity index (χ2n) is 8.03. The van der Waals surface area contributed by atoms with E-state index >= 15 is 0 Å². The van der Waals surface area contributed by atoms with Crippen LogP contribution >= 0.6 is 0 Å². The summed E-state index contributed by atoms with van der Waals surface area (Å²) in [6, 6.07) is 3.84. The number of halogens is 2. The molecule has 0 radical (unpaired) electrons. The fourth-order valence-electron chi connectivity index (χ4n) is 3.44. The van der Waals surface area contributed by atoms with Gasteiger partial charge in [0.05, 0.1) is 17.3 Å². The maximum absolute atomic E-state index is 12.6. The molecule has 4 rings (SSSR count). The Morgan fingerprint density at radius 3 is 2.53 bits per heavy atom. The first-order chi connectivity index (χ1) is 15.3. The third-order valence-electron chi connectivity index (χ3n) is 5.71. The van der Waals surface area contributed by atoms with Crippen LogP contribution in [0.4, 0.5) is 14.7 Å². The number of nitrogens with zero attached hydrogens (tertiary/aromatic N) is 7. The Morgan fingerprint density at radius 2 is 1.91 bits per heavy atom. The molecule has 0 saturated heterocycles. The molecule has 0 fully saturated rings. The summed E-state index contributed by atoms with van der Waals surface area (Å²) in [6.07, 6.45) is 5.58.